The minimum absolute atomic E-state index is 0.265. The van der Waals surface area contributed by atoms with Crippen molar-refractivity contribution in [3.63, 3.8) is 0 Å². The molecule has 1 unspecified atom stereocenters. The number of rotatable bonds is 5. The molecule has 2 nitrogen and oxygen atoms in total. The molecule has 0 heterocycles. The summed E-state index contributed by atoms with van der Waals surface area (Å²) < 4.78 is 0. The van der Waals surface area contributed by atoms with E-state index in [2.05, 4.69) is 26.2 Å². The van der Waals surface area contributed by atoms with Crippen LogP contribution >= 0.6 is 23.2 Å². The Balaban J connectivity index is 2.59. The third-order valence-electron chi connectivity index (χ3n) is 2.94. The standard InChI is InChI=1S/C14H22Cl2N2/c1-14(2,3)7-6-11(18-17)8-10-4-5-12(15)13(16)9-10/h4-5,9,11,18H,6-8,17H2,1-3H3. The lowest BCUT2D eigenvalue weighted by Crippen LogP contribution is -2.37. The van der Waals surface area contributed by atoms with Gasteiger partial charge < -0.3 is 0 Å². The van der Waals surface area contributed by atoms with Crippen LogP contribution in [0.4, 0.5) is 0 Å². The van der Waals surface area contributed by atoms with Gasteiger partial charge in [-0.25, -0.2) is 0 Å². The molecule has 0 aromatic heterocycles. The van der Waals surface area contributed by atoms with Gasteiger partial charge in [-0.15, -0.1) is 0 Å². The zero-order chi connectivity index (χ0) is 13.8. The van der Waals surface area contributed by atoms with E-state index in [1.165, 1.54) is 0 Å². The predicted molar refractivity (Wildman–Crippen MR) is 80.0 cm³/mol. The molecular weight excluding hydrogens is 267 g/mol. The Bertz CT molecular complexity index is 386. The maximum Gasteiger partial charge on any atom is 0.0595 e. The fourth-order valence-corrected chi connectivity index (χ4v) is 2.12. The van der Waals surface area contributed by atoms with E-state index in [0.717, 1.165) is 24.8 Å². The summed E-state index contributed by atoms with van der Waals surface area (Å²) in [4.78, 5) is 0. The number of hydrazine groups is 1. The van der Waals surface area contributed by atoms with E-state index in [1.54, 1.807) is 0 Å². The summed E-state index contributed by atoms with van der Waals surface area (Å²) in [7, 11) is 0. The van der Waals surface area contributed by atoms with Crippen LogP contribution in [-0.4, -0.2) is 6.04 Å². The van der Waals surface area contributed by atoms with Crippen LogP contribution in [0.15, 0.2) is 18.2 Å². The summed E-state index contributed by atoms with van der Waals surface area (Å²) in [5.41, 5.74) is 4.36. The lowest BCUT2D eigenvalue weighted by atomic mass is 9.87. The minimum Gasteiger partial charge on any atom is -0.271 e. The van der Waals surface area contributed by atoms with E-state index < -0.39 is 0 Å². The number of benzene rings is 1. The Hall–Kier alpha value is -0.280. The third kappa shape index (κ3) is 5.57. The molecule has 0 amide bonds. The van der Waals surface area contributed by atoms with Crippen molar-refractivity contribution < 1.29 is 0 Å². The first-order valence-electron chi connectivity index (χ1n) is 6.22. The molecule has 1 aromatic carbocycles. The van der Waals surface area contributed by atoms with Gasteiger partial charge in [0.25, 0.3) is 0 Å². The fourth-order valence-electron chi connectivity index (χ4n) is 1.80. The van der Waals surface area contributed by atoms with Crippen LogP contribution in [-0.2, 0) is 6.42 Å². The normalized spacial score (nSPS) is 13.7. The molecule has 1 atom stereocenters. The zero-order valence-electron chi connectivity index (χ0n) is 11.3. The van der Waals surface area contributed by atoms with Crippen molar-refractivity contribution in [2.24, 2.45) is 11.3 Å². The molecule has 0 aliphatic rings. The van der Waals surface area contributed by atoms with Gasteiger partial charge in [0.1, 0.15) is 0 Å². The molecular formula is C14H22Cl2N2. The van der Waals surface area contributed by atoms with Crippen molar-refractivity contribution in [3.8, 4) is 0 Å². The van der Waals surface area contributed by atoms with Crippen LogP contribution < -0.4 is 11.3 Å². The molecule has 3 N–H and O–H groups in total. The highest BCUT2D eigenvalue weighted by molar-refractivity contribution is 6.42. The highest BCUT2D eigenvalue weighted by Crippen LogP contribution is 2.25. The van der Waals surface area contributed by atoms with Crippen LogP contribution in [0.1, 0.15) is 39.2 Å². The maximum absolute atomic E-state index is 6.01. The number of nitrogens with two attached hydrogens (primary N) is 1. The lowest BCUT2D eigenvalue weighted by Gasteiger charge is -2.23. The van der Waals surface area contributed by atoms with E-state index >= 15 is 0 Å². The number of nitrogens with one attached hydrogen (secondary N) is 1. The summed E-state index contributed by atoms with van der Waals surface area (Å²) in [5.74, 6) is 5.61. The van der Waals surface area contributed by atoms with Gasteiger partial charge >= 0.3 is 0 Å². The summed E-state index contributed by atoms with van der Waals surface area (Å²) in [5, 5.41) is 1.19. The molecule has 0 fully saturated rings. The number of halogens is 2. The Kier molecular flexibility index (Phi) is 5.93. The first-order chi connectivity index (χ1) is 8.31. The Morgan fingerprint density at radius 3 is 2.39 bits per heavy atom. The molecule has 0 aliphatic heterocycles. The Morgan fingerprint density at radius 2 is 1.89 bits per heavy atom. The van der Waals surface area contributed by atoms with E-state index in [1.807, 2.05) is 18.2 Å². The van der Waals surface area contributed by atoms with Gasteiger partial charge in [-0.1, -0.05) is 50.0 Å². The molecule has 102 valence electrons. The second-order valence-electron chi connectivity index (χ2n) is 5.92. The van der Waals surface area contributed by atoms with E-state index in [9.17, 15) is 0 Å². The van der Waals surface area contributed by atoms with Gasteiger partial charge in [0.2, 0.25) is 0 Å². The van der Waals surface area contributed by atoms with Crippen LogP contribution in [0, 0.1) is 5.41 Å². The number of hydrogen-bond acceptors (Lipinski definition) is 2. The maximum atomic E-state index is 6.01. The zero-order valence-corrected chi connectivity index (χ0v) is 12.8. The minimum atomic E-state index is 0.265. The van der Waals surface area contributed by atoms with Crippen molar-refractivity contribution >= 4 is 23.2 Å². The van der Waals surface area contributed by atoms with Crippen LogP contribution in [0.5, 0.6) is 0 Å². The molecule has 4 heteroatoms. The molecule has 0 radical (unpaired) electrons. The van der Waals surface area contributed by atoms with Crippen LogP contribution in [0.3, 0.4) is 0 Å². The molecule has 0 spiro atoms. The molecule has 0 saturated carbocycles. The molecule has 0 saturated heterocycles. The van der Waals surface area contributed by atoms with Crippen molar-refractivity contribution in [3.05, 3.63) is 33.8 Å². The summed E-state index contributed by atoms with van der Waals surface area (Å²) in [6.45, 7) is 6.71. The van der Waals surface area contributed by atoms with Gasteiger partial charge in [0, 0.05) is 6.04 Å². The van der Waals surface area contributed by atoms with Crippen molar-refractivity contribution in [2.45, 2.75) is 46.1 Å². The molecule has 0 bridgehead atoms. The monoisotopic (exact) mass is 288 g/mol. The van der Waals surface area contributed by atoms with E-state index in [-0.39, 0.29) is 6.04 Å². The first-order valence-corrected chi connectivity index (χ1v) is 6.97. The van der Waals surface area contributed by atoms with Gasteiger partial charge in [0.05, 0.1) is 10.0 Å². The highest BCUT2D eigenvalue weighted by Gasteiger charge is 2.15. The average molecular weight is 289 g/mol. The van der Waals surface area contributed by atoms with Gasteiger partial charge in [-0.05, 0) is 42.4 Å². The largest absolute Gasteiger partial charge is 0.271 e. The van der Waals surface area contributed by atoms with Gasteiger partial charge in [-0.3, -0.25) is 11.3 Å². The van der Waals surface area contributed by atoms with Crippen molar-refractivity contribution in [2.75, 3.05) is 0 Å². The van der Waals surface area contributed by atoms with Crippen LogP contribution in [0.25, 0.3) is 0 Å². The van der Waals surface area contributed by atoms with Crippen molar-refractivity contribution in [1.82, 2.24) is 5.43 Å². The predicted octanol–water partition coefficient (Wildman–Crippen LogP) is 4.19. The van der Waals surface area contributed by atoms with Gasteiger partial charge in [-0.2, -0.15) is 0 Å². The van der Waals surface area contributed by atoms with E-state index in [4.69, 9.17) is 29.0 Å². The summed E-state index contributed by atoms with van der Waals surface area (Å²) >= 11 is 11.9. The second-order valence-corrected chi connectivity index (χ2v) is 6.73. The topological polar surface area (TPSA) is 38.0 Å². The Labute approximate surface area is 120 Å². The first kappa shape index (κ1) is 15.8. The quantitative estimate of drug-likeness (QED) is 0.630. The average Bonchev–Trinajstić information content (AvgIpc) is 2.28. The molecule has 18 heavy (non-hydrogen) atoms. The molecule has 0 aliphatic carbocycles. The smallest absolute Gasteiger partial charge is 0.0595 e. The number of hydrogen-bond donors (Lipinski definition) is 2. The van der Waals surface area contributed by atoms with Gasteiger partial charge in [0.15, 0.2) is 0 Å². The van der Waals surface area contributed by atoms with Crippen LogP contribution in [0.2, 0.25) is 10.0 Å². The van der Waals surface area contributed by atoms with E-state index in [0.29, 0.717) is 15.5 Å². The Morgan fingerprint density at radius 1 is 1.22 bits per heavy atom. The summed E-state index contributed by atoms with van der Waals surface area (Å²) in [6, 6.07) is 6.00. The SMILES string of the molecule is CC(C)(C)CCC(Cc1ccc(Cl)c(Cl)c1)NN. The fraction of sp³-hybridized carbons (Fsp3) is 0.571. The third-order valence-corrected chi connectivity index (χ3v) is 3.68. The molecule has 1 rings (SSSR count). The summed E-state index contributed by atoms with van der Waals surface area (Å²) in [6.07, 6.45) is 3.03. The van der Waals surface area contributed by atoms with Crippen molar-refractivity contribution in [1.29, 1.82) is 0 Å². The highest BCUT2D eigenvalue weighted by atomic mass is 35.5. The molecule has 1 aromatic rings. The lowest BCUT2D eigenvalue weighted by molar-refractivity contribution is 0.330. The second kappa shape index (κ2) is 6.76.